The van der Waals surface area contributed by atoms with E-state index in [1.807, 2.05) is 45.6 Å². The summed E-state index contributed by atoms with van der Waals surface area (Å²) in [4.78, 5) is 31.4. The van der Waals surface area contributed by atoms with Gasteiger partial charge in [-0.05, 0) is 107 Å². The number of carbonyl (C=O) groups is 2. The van der Waals surface area contributed by atoms with Crippen LogP contribution in [0.2, 0.25) is 0 Å². The number of likely N-dealkylation sites (tertiary alicyclic amines) is 1. The first-order valence-electron chi connectivity index (χ1n) is 19.8. The highest BCUT2D eigenvalue weighted by Gasteiger charge is 2.44. The molecule has 2 heterocycles. The molecule has 0 spiro atoms. The van der Waals surface area contributed by atoms with Crippen LogP contribution in [0.3, 0.4) is 0 Å². The first-order valence-corrected chi connectivity index (χ1v) is 19.8. The zero-order valence-corrected chi connectivity index (χ0v) is 34.3. The van der Waals surface area contributed by atoms with Gasteiger partial charge in [0.15, 0.2) is 0 Å². The molecular weight excluding hydrogens is 670 g/mol. The van der Waals surface area contributed by atoms with E-state index in [9.17, 15) is 30.0 Å². The lowest BCUT2D eigenvalue weighted by molar-refractivity contribution is -0.168. The highest BCUT2D eigenvalue weighted by Crippen LogP contribution is 2.41. The number of allylic oxidation sites excluding steroid dienone is 2. The molecule has 8 unspecified atom stereocenters. The van der Waals surface area contributed by atoms with Crippen LogP contribution in [-0.4, -0.2) is 118 Å². The van der Waals surface area contributed by atoms with Gasteiger partial charge >= 0.3 is 0 Å². The number of rotatable bonds is 13. The molecule has 2 fully saturated rings. The third kappa shape index (κ3) is 9.62. The van der Waals surface area contributed by atoms with Gasteiger partial charge in [0.1, 0.15) is 17.7 Å². The van der Waals surface area contributed by atoms with Gasteiger partial charge in [0, 0.05) is 36.9 Å². The largest absolute Gasteiger partial charge is 0.394 e. The third-order valence-electron chi connectivity index (χ3n) is 12.8. The molecule has 1 aromatic rings. The van der Waals surface area contributed by atoms with E-state index >= 15 is 0 Å². The van der Waals surface area contributed by atoms with Crippen LogP contribution in [0.15, 0.2) is 41.0 Å². The molecule has 4 rings (SSSR count). The summed E-state index contributed by atoms with van der Waals surface area (Å²) in [5.74, 6) is -0.176. The minimum absolute atomic E-state index is 0.0135. The fourth-order valence-electron chi connectivity index (χ4n) is 8.46. The average Bonchev–Trinajstić information content (AvgIpc) is 3.11. The summed E-state index contributed by atoms with van der Waals surface area (Å²) in [5.41, 5.74) is 4.43. The molecule has 5 N–H and O–H groups in total. The lowest BCUT2D eigenvalue weighted by Crippen LogP contribution is -2.60. The Morgan fingerprint density at radius 1 is 1.08 bits per heavy atom. The molecule has 0 saturated carbocycles. The highest BCUT2D eigenvalue weighted by molar-refractivity contribution is 5.92. The number of carbonyl (C=O) groups excluding carboxylic acids is 2. The summed E-state index contributed by atoms with van der Waals surface area (Å²) in [6.45, 7) is 19.1. The highest BCUT2D eigenvalue weighted by atomic mass is 16.5. The number of amides is 2. The van der Waals surface area contributed by atoms with Crippen LogP contribution in [0.25, 0.3) is 0 Å². The molecule has 1 aromatic carbocycles. The number of ether oxygens (including phenoxy) is 1. The molecule has 2 saturated heterocycles. The second kappa shape index (κ2) is 17.5. The summed E-state index contributed by atoms with van der Waals surface area (Å²) < 4.78 is 6.03. The van der Waals surface area contributed by atoms with E-state index in [1.165, 1.54) is 5.57 Å². The third-order valence-corrected chi connectivity index (χ3v) is 12.8. The molecule has 0 aromatic heterocycles. The summed E-state index contributed by atoms with van der Waals surface area (Å²) >= 11 is 0. The predicted octanol–water partition coefficient (Wildman–Crippen LogP) is 4.34. The van der Waals surface area contributed by atoms with Crippen molar-refractivity contribution in [1.82, 2.24) is 15.1 Å². The van der Waals surface area contributed by atoms with Crippen LogP contribution in [0.5, 0.6) is 0 Å². The van der Waals surface area contributed by atoms with Crippen LogP contribution < -0.4 is 5.32 Å². The monoisotopic (exact) mass is 740 g/mol. The van der Waals surface area contributed by atoms with Crippen molar-refractivity contribution < 1.29 is 34.8 Å². The van der Waals surface area contributed by atoms with Crippen molar-refractivity contribution in [2.75, 3.05) is 33.8 Å². The van der Waals surface area contributed by atoms with Crippen LogP contribution in [0.4, 0.5) is 0 Å². The number of benzene rings is 1. The van der Waals surface area contributed by atoms with Gasteiger partial charge in [-0.25, -0.2) is 0 Å². The van der Waals surface area contributed by atoms with E-state index in [4.69, 9.17) is 4.74 Å². The lowest BCUT2D eigenvalue weighted by Gasteiger charge is -2.42. The van der Waals surface area contributed by atoms with Crippen molar-refractivity contribution >= 4 is 11.8 Å². The van der Waals surface area contributed by atoms with Gasteiger partial charge in [-0.3, -0.25) is 9.59 Å². The Kier molecular flexibility index (Phi) is 14.2. The molecule has 0 radical (unpaired) electrons. The Balaban J connectivity index is 1.49. The Morgan fingerprint density at radius 2 is 1.72 bits per heavy atom. The smallest absolute Gasteiger partial charge is 0.247 e. The van der Waals surface area contributed by atoms with E-state index < -0.39 is 41.5 Å². The van der Waals surface area contributed by atoms with Crippen molar-refractivity contribution in [2.45, 2.75) is 143 Å². The standard InChI is InChI=1S/C43H69N3O7/c1-12-25(2)36-28(5)37(49)34(39-38(50)35(48)23-33(24-47)53-39)22-31(36)21-30-14-13-29(19-26(30)3)20-27(4)42(6,7)40(51)44-43(8,9)41(52)46-17-15-32(16-18-46)45(10)11/h13-14,19,22,25,27-28,32-33,35,37-39,47-50H,12,15-18,20-21,23-24H2,1-11H3,(H,44,51). The van der Waals surface area contributed by atoms with Crippen molar-refractivity contribution in [3.05, 3.63) is 57.7 Å². The molecule has 0 bridgehead atoms. The van der Waals surface area contributed by atoms with Gasteiger partial charge in [-0.2, -0.15) is 0 Å². The van der Waals surface area contributed by atoms with Crippen LogP contribution >= 0.6 is 0 Å². The summed E-state index contributed by atoms with van der Waals surface area (Å²) in [7, 11) is 4.15. The second-order valence-corrected chi connectivity index (χ2v) is 17.7. The van der Waals surface area contributed by atoms with Crippen molar-refractivity contribution in [3.8, 4) is 0 Å². The van der Waals surface area contributed by atoms with Gasteiger partial charge < -0.3 is 40.3 Å². The molecule has 298 valence electrons. The van der Waals surface area contributed by atoms with Gasteiger partial charge in [0.25, 0.3) is 0 Å². The predicted molar refractivity (Wildman–Crippen MR) is 209 cm³/mol. The normalized spacial score (nSPS) is 27.5. The van der Waals surface area contributed by atoms with Crippen LogP contribution in [0, 0.1) is 30.1 Å². The Bertz CT molecular complexity index is 1510. The van der Waals surface area contributed by atoms with Crippen LogP contribution in [-0.2, 0) is 27.2 Å². The maximum atomic E-state index is 13.8. The zero-order chi connectivity index (χ0) is 39.6. The van der Waals surface area contributed by atoms with E-state index in [-0.39, 0.29) is 42.6 Å². The van der Waals surface area contributed by atoms with Gasteiger partial charge in [0.2, 0.25) is 11.8 Å². The van der Waals surface area contributed by atoms with Gasteiger partial charge in [0.05, 0.1) is 24.9 Å². The van der Waals surface area contributed by atoms with Gasteiger partial charge in [-0.1, -0.05) is 71.4 Å². The van der Waals surface area contributed by atoms with Gasteiger partial charge in [-0.15, -0.1) is 0 Å². The van der Waals surface area contributed by atoms with Crippen molar-refractivity contribution in [1.29, 1.82) is 0 Å². The first-order chi connectivity index (χ1) is 24.7. The van der Waals surface area contributed by atoms with Crippen molar-refractivity contribution in [2.24, 2.45) is 23.2 Å². The molecule has 53 heavy (non-hydrogen) atoms. The molecule has 8 atom stereocenters. The molecular formula is C43H69N3O7. The topological polar surface area (TPSA) is 143 Å². The quantitative estimate of drug-likeness (QED) is 0.201. The van der Waals surface area contributed by atoms with E-state index in [1.54, 1.807) is 0 Å². The molecule has 2 aliphatic heterocycles. The number of nitrogens with zero attached hydrogens (tertiary/aromatic N) is 2. The number of hydrogen-bond acceptors (Lipinski definition) is 8. The Labute approximate surface area is 318 Å². The minimum Gasteiger partial charge on any atom is -0.394 e. The number of aliphatic hydroxyl groups excluding tert-OH is 4. The van der Waals surface area contributed by atoms with Crippen molar-refractivity contribution in [3.63, 3.8) is 0 Å². The fraction of sp³-hybridized carbons (Fsp3) is 0.721. The number of hydrogen-bond donors (Lipinski definition) is 5. The number of aryl methyl sites for hydroxylation is 1. The SMILES string of the molecule is CCC(C)C1=C(Cc2ccc(CC(C)C(C)(C)C(=O)NC(C)(C)C(=O)N3CCC(N(C)C)CC3)cc2C)C=C(C2OC(CO)CC(O)C2O)C(O)C1C. The first kappa shape index (κ1) is 43.1. The molecule has 2 amide bonds. The Hall–Kier alpha value is -2.60. The maximum Gasteiger partial charge on any atom is 0.247 e. The summed E-state index contributed by atoms with van der Waals surface area (Å²) in [6, 6.07) is 6.93. The molecule has 3 aliphatic rings. The fourth-order valence-corrected chi connectivity index (χ4v) is 8.46. The lowest BCUT2D eigenvalue weighted by atomic mass is 9.72. The molecule has 1 aliphatic carbocycles. The number of piperidine rings is 1. The molecule has 10 heteroatoms. The molecule has 10 nitrogen and oxygen atoms in total. The second-order valence-electron chi connectivity index (χ2n) is 17.7. The average molecular weight is 740 g/mol. The summed E-state index contributed by atoms with van der Waals surface area (Å²) in [6.07, 6.45) is 1.48. The number of aliphatic hydroxyl groups is 4. The van der Waals surface area contributed by atoms with E-state index in [0.717, 1.165) is 41.5 Å². The Morgan fingerprint density at radius 3 is 2.28 bits per heavy atom. The summed E-state index contributed by atoms with van der Waals surface area (Å²) in [5, 5.41) is 45.9. The van der Waals surface area contributed by atoms with E-state index in [2.05, 4.69) is 70.2 Å². The van der Waals surface area contributed by atoms with E-state index in [0.29, 0.717) is 37.5 Å². The van der Waals surface area contributed by atoms with Crippen LogP contribution in [0.1, 0.15) is 97.8 Å². The zero-order valence-electron chi connectivity index (χ0n) is 34.3. The maximum absolute atomic E-state index is 13.8. The number of nitrogens with one attached hydrogen (secondary N) is 1. The minimum atomic E-state index is -1.20.